The standard InChI is InChI=1S/C25H24FN3O2/c1-17(24-4-2-3-13-27-24)28-15-21-14-20(28)16-29(21)25(30)18-5-9-22(10-6-18)31-23-11-7-19(26)8-12-23/h2-13,17,20-21H,14-16H2,1H3. The molecule has 2 fully saturated rings. The van der Waals surface area contributed by atoms with Crippen LogP contribution < -0.4 is 4.74 Å². The van der Waals surface area contributed by atoms with Crippen LogP contribution in [0, 0.1) is 5.82 Å². The summed E-state index contributed by atoms with van der Waals surface area (Å²) in [7, 11) is 0. The first-order chi connectivity index (χ1) is 15.1. The molecule has 3 heterocycles. The molecule has 3 unspecified atom stereocenters. The highest BCUT2D eigenvalue weighted by atomic mass is 19.1. The van der Waals surface area contributed by atoms with Crippen molar-refractivity contribution in [3.8, 4) is 11.5 Å². The van der Waals surface area contributed by atoms with Gasteiger partial charge >= 0.3 is 0 Å². The lowest BCUT2D eigenvalue weighted by atomic mass is 10.1. The van der Waals surface area contributed by atoms with Gasteiger partial charge in [-0.2, -0.15) is 0 Å². The number of ether oxygens (including phenoxy) is 1. The highest BCUT2D eigenvalue weighted by Crippen LogP contribution is 2.37. The van der Waals surface area contributed by atoms with Gasteiger partial charge in [0, 0.05) is 43.0 Å². The van der Waals surface area contributed by atoms with Crippen LogP contribution in [-0.4, -0.2) is 45.9 Å². The first-order valence-corrected chi connectivity index (χ1v) is 10.6. The van der Waals surface area contributed by atoms with Crippen LogP contribution in [0.15, 0.2) is 72.9 Å². The monoisotopic (exact) mass is 417 g/mol. The molecular weight excluding hydrogens is 393 g/mol. The van der Waals surface area contributed by atoms with Crippen LogP contribution in [0.2, 0.25) is 0 Å². The van der Waals surface area contributed by atoms with Crippen molar-refractivity contribution in [1.82, 2.24) is 14.8 Å². The number of benzene rings is 2. The van der Waals surface area contributed by atoms with Crippen molar-refractivity contribution in [2.45, 2.75) is 31.5 Å². The van der Waals surface area contributed by atoms with Gasteiger partial charge in [-0.05, 0) is 74.0 Å². The van der Waals surface area contributed by atoms with Crippen LogP contribution in [0.25, 0.3) is 0 Å². The number of amides is 1. The zero-order valence-electron chi connectivity index (χ0n) is 17.3. The summed E-state index contributed by atoms with van der Waals surface area (Å²) >= 11 is 0. The van der Waals surface area contributed by atoms with E-state index in [0.29, 0.717) is 23.1 Å². The van der Waals surface area contributed by atoms with E-state index in [4.69, 9.17) is 4.74 Å². The fourth-order valence-electron chi connectivity index (χ4n) is 4.68. The molecule has 3 atom stereocenters. The Hall–Kier alpha value is -3.25. The molecule has 3 aromatic rings. The summed E-state index contributed by atoms with van der Waals surface area (Å²) in [5, 5.41) is 0. The van der Waals surface area contributed by atoms with Crippen molar-refractivity contribution in [3.63, 3.8) is 0 Å². The molecule has 6 heteroatoms. The second-order valence-corrected chi connectivity index (χ2v) is 8.21. The predicted molar refractivity (Wildman–Crippen MR) is 116 cm³/mol. The summed E-state index contributed by atoms with van der Waals surface area (Å²) in [6, 6.07) is 19.9. The van der Waals surface area contributed by atoms with Crippen molar-refractivity contribution in [2.24, 2.45) is 0 Å². The van der Waals surface area contributed by atoms with Crippen molar-refractivity contribution in [3.05, 3.63) is 90.0 Å². The number of rotatable bonds is 5. The maximum Gasteiger partial charge on any atom is 0.254 e. The molecule has 0 aliphatic carbocycles. The third-order valence-corrected chi connectivity index (χ3v) is 6.31. The normalized spacial score (nSPS) is 21.3. The lowest BCUT2D eigenvalue weighted by Crippen LogP contribution is -2.49. The number of carbonyl (C=O) groups is 1. The van der Waals surface area contributed by atoms with Crippen molar-refractivity contribution in [1.29, 1.82) is 0 Å². The second kappa shape index (κ2) is 8.12. The Morgan fingerprint density at radius 1 is 1.00 bits per heavy atom. The number of carbonyl (C=O) groups excluding carboxylic acids is 1. The first-order valence-electron chi connectivity index (χ1n) is 10.6. The van der Waals surface area contributed by atoms with E-state index < -0.39 is 0 Å². The smallest absolute Gasteiger partial charge is 0.254 e. The average molecular weight is 417 g/mol. The van der Waals surface area contributed by atoms with Gasteiger partial charge < -0.3 is 9.64 Å². The van der Waals surface area contributed by atoms with Gasteiger partial charge in [-0.3, -0.25) is 14.7 Å². The number of fused-ring (bicyclic) bond motifs is 2. The predicted octanol–water partition coefficient (Wildman–Crippen LogP) is 4.67. The second-order valence-electron chi connectivity index (χ2n) is 8.21. The minimum absolute atomic E-state index is 0.0611. The number of halogens is 1. The Bertz CT molecular complexity index is 1060. The summed E-state index contributed by atoms with van der Waals surface area (Å²) < 4.78 is 18.8. The van der Waals surface area contributed by atoms with Crippen LogP contribution in [0.5, 0.6) is 11.5 Å². The van der Waals surface area contributed by atoms with Crippen LogP contribution in [-0.2, 0) is 0 Å². The van der Waals surface area contributed by atoms with Gasteiger partial charge in [0.15, 0.2) is 0 Å². The Morgan fingerprint density at radius 3 is 2.32 bits per heavy atom. The Labute approximate surface area is 181 Å². The lowest BCUT2D eigenvalue weighted by molar-refractivity contribution is 0.0566. The molecule has 0 N–H and O–H groups in total. The summed E-state index contributed by atoms with van der Waals surface area (Å²) in [6.45, 7) is 3.81. The van der Waals surface area contributed by atoms with Gasteiger partial charge in [-0.1, -0.05) is 6.07 Å². The van der Waals surface area contributed by atoms with Gasteiger partial charge in [-0.15, -0.1) is 0 Å². The molecule has 2 aromatic carbocycles. The molecule has 0 radical (unpaired) electrons. The average Bonchev–Trinajstić information content (AvgIpc) is 3.42. The number of aromatic nitrogens is 1. The molecule has 158 valence electrons. The van der Waals surface area contributed by atoms with E-state index in [-0.39, 0.29) is 23.8 Å². The fourth-order valence-corrected chi connectivity index (χ4v) is 4.68. The Balaban J connectivity index is 1.22. The third-order valence-electron chi connectivity index (χ3n) is 6.31. The zero-order chi connectivity index (χ0) is 21.4. The van der Waals surface area contributed by atoms with E-state index in [1.54, 1.807) is 36.4 Å². The van der Waals surface area contributed by atoms with E-state index in [9.17, 15) is 9.18 Å². The molecule has 0 spiro atoms. The maximum atomic E-state index is 13.1. The maximum absolute atomic E-state index is 13.1. The molecule has 2 saturated heterocycles. The number of hydrogen-bond acceptors (Lipinski definition) is 4. The van der Waals surface area contributed by atoms with E-state index in [0.717, 1.165) is 25.2 Å². The molecule has 2 aliphatic heterocycles. The summed E-state index contributed by atoms with van der Waals surface area (Å²) in [6.07, 6.45) is 2.84. The van der Waals surface area contributed by atoms with Crippen molar-refractivity contribution in [2.75, 3.05) is 13.1 Å². The minimum Gasteiger partial charge on any atom is -0.457 e. The van der Waals surface area contributed by atoms with E-state index in [1.807, 2.05) is 23.2 Å². The largest absolute Gasteiger partial charge is 0.457 e. The first kappa shape index (κ1) is 19.7. The minimum atomic E-state index is -0.304. The van der Waals surface area contributed by atoms with Crippen molar-refractivity contribution < 1.29 is 13.9 Å². The van der Waals surface area contributed by atoms with Gasteiger partial charge in [0.05, 0.1) is 5.69 Å². The molecule has 0 saturated carbocycles. The van der Waals surface area contributed by atoms with E-state index in [1.165, 1.54) is 12.1 Å². The molecule has 5 rings (SSSR count). The third kappa shape index (κ3) is 3.91. The molecule has 31 heavy (non-hydrogen) atoms. The topological polar surface area (TPSA) is 45.7 Å². The quantitative estimate of drug-likeness (QED) is 0.605. The van der Waals surface area contributed by atoms with Crippen LogP contribution in [0.1, 0.15) is 35.4 Å². The Morgan fingerprint density at radius 2 is 1.71 bits per heavy atom. The van der Waals surface area contributed by atoms with Gasteiger partial charge in [0.25, 0.3) is 5.91 Å². The summed E-state index contributed by atoms with van der Waals surface area (Å²) in [4.78, 5) is 22.1. The van der Waals surface area contributed by atoms with Gasteiger partial charge in [-0.25, -0.2) is 4.39 Å². The highest BCUT2D eigenvalue weighted by Gasteiger charge is 2.47. The lowest BCUT2D eigenvalue weighted by Gasteiger charge is -2.37. The van der Waals surface area contributed by atoms with E-state index >= 15 is 0 Å². The summed E-state index contributed by atoms with van der Waals surface area (Å²) in [5.74, 6) is 0.924. The van der Waals surface area contributed by atoms with E-state index in [2.05, 4.69) is 22.9 Å². The number of likely N-dealkylation sites (tertiary alicyclic amines) is 2. The molecule has 1 amide bonds. The SMILES string of the molecule is CC(c1ccccn1)N1CC2CC1CN2C(=O)c1ccc(Oc2ccc(F)cc2)cc1. The molecule has 1 aromatic heterocycles. The highest BCUT2D eigenvalue weighted by molar-refractivity contribution is 5.95. The molecular formula is C25H24FN3O2. The molecule has 5 nitrogen and oxygen atoms in total. The summed E-state index contributed by atoms with van der Waals surface area (Å²) in [5.41, 5.74) is 1.73. The Kier molecular flexibility index (Phi) is 5.16. The number of nitrogens with zero attached hydrogens (tertiary/aromatic N) is 3. The fraction of sp³-hybridized carbons (Fsp3) is 0.280. The van der Waals surface area contributed by atoms with Crippen LogP contribution in [0.3, 0.4) is 0 Å². The van der Waals surface area contributed by atoms with Gasteiger partial charge in [0.1, 0.15) is 17.3 Å². The van der Waals surface area contributed by atoms with Crippen LogP contribution in [0.4, 0.5) is 4.39 Å². The van der Waals surface area contributed by atoms with Gasteiger partial charge in [0.2, 0.25) is 0 Å². The van der Waals surface area contributed by atoms with Crippen molar-refractivity contribution >= 4 is 5.91 Å². The number of pyridine rings is 1. The number of hydrogen-bond donors (Lipinski definition) is 0. The molecule has 2 bridgehead atoms. The number of piperazine rings is 1. The van der Waals surface area contributed by atoms with Crippen LogP contribution >= 0.6 is 0 Å². The molecule has 2 aliphatic rings. The zero-order valence-corrected chi connectivity index (χ0v) is 17.3.